The molecule has 0 aromatic rings. The number of hydrogen-bond acceptors (Lipinski definition) is 4. The number of carboxylic acids is 1. The van der Waals surface area contributed by atoms with Crippen LogP contribution in [0.2, 0.25) is 0 Å². The Kier molecular flexibility index (Phi) is 7.23. The predicted octanol–water partition coefficient (Wildman–Crippen LogP) is -1.75. The van der Waals surface area contributed by atoms with Crippen molar-refractivity contribution in [2.45, 2.75) is 12.5 Å². The van der Waals surface area contributed by atoms with Crippen molar-refractivity contribution in [2.75, 3.05) is 33.7 Å². The zero-order valence-electron chi connectivity index (χ0n) is 9.81. The largest absolute Gasteiger partial charge is 0.480 e. The highest BCUT2D eigenvalue weighted by Gasteiger charge is 2.09. The molecule has 16 heavy (non-hydrogen) atoms. The molecule has 0 aliphatic rings. The topological polar surface area (TPSA) is 117 Å². The van der Waals surface area contributed by atoms with Crippen molar-refractivity contribution in [1.82, 2.24) is 10.2 Å². The van der Waals surface area contributed by atoms with Crippen LogP contribution in [-0.2, 0) is 4.79 Å². The third-order valence-electron chi connectivity index (χ3n) is 1.90. The summed E-state index contributed by atoms with van der Waals surface area (Å²) in [5, 5.41) is 11.4. The summed E-state index contributed by atoms with van der Waals surface area (Å²) in [6, 6.07) is -0.877. The molecule has 1 unspecified atom stereocenters. The number of rotatable bonds is 7. The van der Waals surface area contributed by atoms with Gasteiger partial charge in [0, 0.05) is 19.6 Å². The number of carbonyl (C=O) groups is 1. The highest BCUT2D eigenvalue weighted by Crippen LogP contribution is 1.88. The van der Waals surface area contributed by atoms with E-state index in [0.29, 0.717) is 19.0 Å². The van der Waals surface area contributed by atoms with Crippen molar-refractivity contribution < 1.29 is 9.90 Å². The van der Waals surface area contributed by atoms with Gasteiger partial charge in [-0.05, 0) is 20.5 Å². The normalized spacial score (nSPS) is 13.9. The Labute approximate surface area is 95.5 Å². The van der Waals surface area contributed by atoms with Crippen LogP contribution in [-0.4, -0.2) is 61.7 Å². The number of nitrogens with zero attached hydrogens (tertiary/aromatic N) is 2. The SMILES string of the molecule is CN(C)CCNC(N)=NCCC(N)C(=O)O. The zero-order valence-corrected chi connectivity index (χ0v) is 9.81. The molecule has 0 radical (unpaired) electrons. The molecule has 6 N–H and O–H groups in total. The number of aliphatic imine (C=N–C) groups is 1. The summed E-state index contributed by atoms with van der Waals surface area (Å²) in [5.74, 6) is -0.700. The smallest absolute Gasteiger partial charge is 0.320 e. The minimum Gasteiger partial charge on any atom is -0.480 e. The van der Waals surface area contributed by atoms with E-state index in [1.54, 1.807) is 0 Å². The zero-order chi connectivity index (χ0) is 12.6. The van der Waals surface area contributed by atoms with E-state index in [1.165, 1.54) is 0 Å². The Morgan fingerprint density at radius 1 is 1.56 bits per heavy atom. The first-order valence-corrected chi connectivity index (χ1v) is 5.10. The van der Waals surface area contributed by atoms with E-state index in [0.717, 1.165) is 6.54 Å². The third-order valence-corrected chi connectivity index (χ3v) is 1.90. The van der Waals surface area contributed by atoms with Crippen LogP contribution < -0.4 is 16.8 Å². The van der Waals surface area contributed by atoms with E-state index in [4.69, 9.17) is 16.6 Å². The summed E-state index contributed by atoms with van der Waals surface area (Å²) in [6.45, 7) is 1.87. The van der Waals surface area contributed by atoms with Gasteiger partial charge in [-0.2, -0.15) is 0 Å². The van der Waals surface area contributed by atoms with Crippen LogP contribution in [0.4, 0.5) is 0 Å². The van der Waals surface area contributed by atoms with Crippen molar-refractivity contribution in [3.8, 4) is 0 Å². The van der Waals surface area contributed by atoms with Gasteiger partial charge in [-0.3, -0.25) is 9.79 Å². The number of nitrogens with one attached hydrogen (secondary N) is 1. The maximum absolute atomic E-state index is 10.4. The lowest BCUT2D eigenvalue weighted by Crippen LogP contribution is -2.37. The molecule has 0 saturated carbocycles. The second kappa shape index (κ2) is 7.89. The van der Waals surface area contributed by atoms with Crippen molar-refractivity contribution in [3.05, 3.63) is 0 Å². The van der Waals surface area contributed by atoms with Gasteiger partial charge < -0.3 is 26.8 Å². The lowest BCUT2D eigenvalue weighted by Gasteiger charge is -2.10. The highest BCUT2D eigenvalue weighted by atomic mass is 16.4. The van der Waals surface area contributed by atoms with Crippen molar-refractivity contribution in [2.24, 2.45) is 16.5 Å². The molecule has 0 spiro atoms. The van der Waals surface area contributed by atoms with E-state index in [2.05, 4.69) is 10.3 Å². The molecule has 0 aromatic heterocycles. The first-order chi connectivity index (χ1) is 7.43. The number of guanidine groups is 1. The monoisotopic (exact) mass is 231 g/mol. The van der Waals surface area contributed by atoms with Gasteiger partial charge in [0.05, 0.1) is 0 Å². The molecule has 0 bridgehead atoms. The Morgan fingerprint density at radius 3 is 2.69 bits per heavy atom. The highest BCUT2D eigenvalue weighted by molar-refractivity contribution is 5.78. The Bertz CT molecular complexity index is 242. The van der Waals surface area contributed by atoms with Gasteiger partial charge in [-0.15, -0.1) is 0 Å². The summed E-state index contributed by atoms with van der Waals surface area (Å²) < 4.78 is 0. The Balaban J connectivity index is 3.66. The maximum Gasteiger partial charge on any atom is 0.320 e. The number of aliphatic carboxylic acids is 1. The van der Waals surface area contributed by atoms with E-state index in [1.807, 2.05) is 19.0 Å². The second-order valence-corrected chi connectivity index (χ2v) is 3.73. The number of hydrogen-bond donors (Lipinski definition) is 4. The summed E-state index contributed by atoms with van der Waals surface area (Å²) in [7, 11) is 3.92. The minimum absolute atomic E-state index is 0.283. The molecule has 94 valence electrons. The number of nitrogens with two attached hydrogens (primary N) is 2. The summed E-state index contributed by atoms with van der Waals surface area (Å²) in [6.07, 6.45) is 0.283. The van der Waals surface area contributed by atoms with Gasteiger partial charge in [0.15, 0.2) is 5.96 Å². The van der Waals surface area contributed by atoms with Gasteiger partial charge in [-0.1, -0.05) is 0 Å². The average molecular weight is 231 g/mol. The molecule has 0 heterocycles. The summed E-state index contributed by atoms with van der Waals surface area (Å²) >= 11 is 0. The standard InChI is InChI=1S/C9H21N5O2/c1-14(2)6-5-13-9(11)12-4-3-7(10)8(15)16/h7H,3-6,10H2,1-2H3,(H,15,16)(H3,11,12,13). The predicted molar refractivity (Wildman–Crippen MR) is 63.3 cm³/mol. The summed E-state index contributed by atoms with van der Waals surface area (Å²) in [4.78, 5) is 16.4. The van der Waals surface area contributed by atoms with Crippen molar-refractivity contribution in [1.29, 1.82) is 0 Å². The fourth-order valence-electron chi connectivity index (χ4n) is 0.911. The van der Waals surface area contributed by atoms with E-state index in [9.17, 15) is 4.79 Å². The van der Waals surface area contributed by atoms with Crippen LogP contribution in [0.25, 0.3) is 0 Å². The molecule has 0 fully saturated rings. The van der Waals surface area contributed by atoms with E-state index in [-0.39, 0.29) is 6.42 Å². The molecule has 7 nitrogen and oxygen atoms in total. The molecule has 0 amide bonds. The van der Waals surface area contributed by atoms with Gasteiger partial charge in [0.2, 0.25) is 0 Å². The number of likely N-dealkylation sites (N-methyl/N-ethyl adjacent to an activating group) is 1. The second-order valence-electron chi connectivity index (χ2n) is 3.73. The van der Waals surface area contributed by atoms with E-state index < -0.39 is 12.0 Å². The van der Waals surface area contributed by atoms with Crippen LogP contribution in [0, 0.1) is 0 Å². The lowest BCUT2D eigenvalue weighted by molar-refractivity contribution is -0.138. The molecule has 0 aliphatic carbocycles. The van der Waals surface area contributed by atoms with Crippen molar-refractivity contribution >= 4 is 11.9 Å². The molecule has 0 rings (SSSR count). The average Bonchev–Trinajstić information content (AvgIpc) is 2.16. The molecule has 0 saturated heterocycles. The van der Waals surface area contributed by atoms with Gasteiger partial charge in [0.25, 0.3) is 0 Å². The van der Waals surface area contributed by atoms with Gasteiger partial charge in [0.1, 0.15) is 6.04 Å². The number of carboxylic acid groups (broad SMARTS) is 1. The van der Waals surface area contributed by atoms with E-state index >= 15 is 0 Å². The lowest BCUT2D eigenvalue weighted by atomic mass is 10.2. The Hall–Kier alpha value is -1.34. The van der Waals surface area contributed by atoms with Crippen LogP contribution in [0.5, 0.6) is 0 Å². The molecule has 0 aliphatic heterocycles. The fourth-order valence-corrected chi connectivity index (χ4v) is 0.911. The van der Waals surface area contributed by atoms with Gasteiger partial charge in [-0.25, -0.2) is 0 Å². The van der Waals surface area contributed by atoms with Crippen LogP contribution >= 0.6 is 0 Å². The first-order valence-electron chi connectivity index (χ1n) is 5.10. The minimum atomic E-state index is -1.02. The van der Waals surface area contributed by atoms with Crippen LogP contribution in [0.3, 0.4) is 0 Å². The molecular formula is C9H21N5O2. The third kappa shape index (κ3) is 8.01. The Morgan fingerprint density at radius 2 is 2.19 bits per heavy atom. The van der Waals surface area contributed by atoms with Crippen molar-refractivity contribution in [3.63, 3.8) is 0 Å². The molecule has 0 aromatic carbocycles. The first kappa shape index (κ1) is 14.7. The molecular weight excluding hydrogens is 210 g/mol. The molecule has 1 atom stereocenters. The quantitative estimate of drug-likeness (QED) is 0.305. The molecule has 7 heteroatoms. The van der Waals surface area contributed by atoms with Crippen LogP contribution in [0.1, 0.15) is 6.42 Å². The van der Waals surface area contributed by atoms with Gasteiger partial charge >= 0.3 is 5.97 Å². The van der Waals surface area contributed by atoms with Crippen LogP contribution in [0.15, 0.2) is 4.99 Å². The maximum atomic E-state index is 10.4. The fraction of sp³-hybridized carbons (Fsp3) is 0.778. The summed E-state index contributed by atoms with van der Waals surface area (Å²) in [5.41, 5.74) is 10.9.